The lowest BCUT2D eigenvalue weighted by Crippen LogP contribution is -2.06. The van der Waals surface area contributed by atoms with Crippen LogP contribution in [0.4, 0.5) is 10.8 Å². The molecule has 0 spiro atoms. The van der Waals surface area contributed by atoms with Gasteiger partial charge in [-0.3, -0.25) is 4.79 Å². The third-order valence-corrected chi connectivity index (χ3v) is 4.89. The molecule has 0 saturated heterocycles. The molecule has 0 unspecified atom stereocenters. The van der Waals surface area contributed by atoms with Crippen LogP contribution in [0.2, 0.25) is 5.02 Å². The Morgan fingerprint density at radius 1 is 1.19 bits per heavy atom. The number of amides is 1. The Hall–Kier alpha value is -2.90. The van der Waals surface area contributed by atoms with E-state index in [0.717, 1.165) is 16.8 Å². The monoisotopic (exact) mass is 401 g/mol. The zero-order valence-electron chi connectivity index (χ0n) is 14.6. The Labute approximate surface area is 164 Å². The highest BCUT2D eigenvalue weighted by molar-refractivity contribution is 7.14. The van der Waals surface area contributed by atoms with Gasteiger partial charge in [-0.1, -0.05) is 35.9 Å². The van der Waals surface area contributed by atoms with E-state index < -0.39 is 5.97 Å². The maximum atomic E-state index is 11.9. The number of anilines is 2. The Morgan fingerprint density at radius 2 is 1.85 bits per heavy atom. The molecule has 8 heteroatoms. The number of halogens is 1. The average Bonchev–Trinajstić information content (AvgIpc) is 3.09. The average molecular weight is 402 g/mol. The van der Waals surface area contributed by atoms with Crippen molar-refractivity contribution in [1.82, 2.24) is 4.98 Å². The van der Waals surface area contributed by atoms with Crippen molar-refractivity contribution in [2.45, 2.75) is 6.92 Å². The van der Waals surface area contributed by atoms with Crippen LogP contribution in [0, 0.1) is 0 Å². The molecule has 0 aliphatic carbocycles. The fourth-order valence-corrected chi connectivity index (χ4v) is 3.58. The minimum atomic E-state index is -0.519. The summed E-state index contributed by atoms with van der Waals surface area (Å²) < 4.78 is 4.76. The lowest BCUT2D eigenvalue weighted by atomic mass is 10.00. The lowest BCUT2D eigenvalue weighted by molar-refractivity contribution is -0.114. The molecule has 6 nitrogen and oxygen atoms in total. The van der Waals surface area contributed by atoms with Gasteiger partial charge in [-0.15, -0.1) is 11.3 Å². The summed E-state index contributed by atoms with van der Waals surface area (Å²) in [7, 11) is 1.30. The van der Waals surface area contributed by atoms with Gasteiger partial charge in [-0.2, -0.15) is 0 Å². The number of thiazole rings is 1. The van der Waals surface area contributed by atoms with Crippen molar-refractivity contribution in [2.75, 3.05) is 18.2 Å². The van der Waals surface area contributed by atoms with Gasteiger partial charge in [0.05, 0.1) is 23.4 Å². The number of aromatic nitrogens is 1. The predicted octanol–water partition coefficient (Wildman–Crippen LogP) is 4.46. The Morgan fingerprint density at radius 3 is 2.48 bits per heavy atom. The SMILES string of the molecule is COC(=O)c1cc(-c2ccc(-c3csc(NC(C)=O)n3)cc2)c(Cl)cc1N. The van der Waals surface area contributed by atoms with Crippen molar-refractivity contribution in [3.63, 3.8) is 0 Å². The van der Waals surface area contributed by atoms with Gasteiger partial charge in [0.15, 0.2) is 5.13 Å². The second-order valence-corrected chi connectivity index (χ2v) is 6.97. The van der Waals surface area contributed by atoms with E-state index in [2.05, 4.69) is 10.3 Å². The van der Waals surface area contributed by atoms with E-state index in [9.17, 15) is 9.59 Å². The van der Waals surface area contributed by atoms with E-state index in [1.807, 2.05) is 29.6 Å². The fourth-order valence-electron chi connectivity index (χ4n) is 2.53. The highest BCUT2D eigenvalue weighted by atomic mass is 35.5. The Balaban J connectivity index is 1.92. The number of rotatable bonds is 4. The van der Waals surface area contributed by atoms with E-state index in [1.165, 1.54) is 31.4 Å². The van der Waals surface area contributed by atoms with Crippen molar-refractivity contribution >= 4 is 45.6 Å². The largest absolute Gasteiger partial charge is 0.465 e. The molecular formula is C19H16ClN3O3S. The van der Waals surface area contributed by atoms with Crippen LogP contribution in [-0.2, 0) is 9.53 Å². The second-order valence-electron chi connectivity index (χ2n) is 5.71. The van der Waals surface area contributed by atoms with E-state index in [1.54, 1.807) is 6.07 Å². The number of benzene rings is 2. The summed E-state index contributed by atoms with van der Waals surface area (Å²) in [5.74, 6) is -0.680. The second kappa shape index (κ2) is 7.77. The number of hydrogen-bond acceptors (Lipinski definition) is 6. The molecule has 0 aliphatic rings. The van der Waals surface area contributed by atoms with Gasteiger partial charge in [-0.05, 0) is 17.7 Å². The highest BCUT2D eigenvalue weighted by Gasteiger charge is 2.15. The van der Waals surface area contributed by atoms with Gasteiger partial charge >= 0.3 is 5.97 Å². The van der Waals surface area contributed by atoms with Crippen molar-refractivity contribution in [3.05, 3.63) is 52.4 Å². The molecule has 0 atom stereocenters. The maximum absolute atomic E-state index is 11.9. The summed E-state index contributed by atoms with van der Waals surface area (Å²) in [4.78, 5) is 27.4. The number of methoxy groups -OCH3 is 1. The number of nitrogen functional groups attached to an aromatic ring is 1. The number of hydrogen-bond donors (Lipinski definition) is 2. The molecule has 0 aliphatic heterocycles. The minimum absolute atomic E-state index is 0.161. The first-order chi connectivity index (χ1) is 12.9. The Bertz CT molecular complexity index is 1020. The number of carbonyl (C=O) groups is 2. The van der Waals surface area contributed by atoms with Crippen LogP contribution in [0.3, 0.4) is 0 Å². The van der Waals surface area contributed by atoms with E-state index >= 15 is 0 Å². The quantitative estimate of drug-likeness (QED) is 0.497. The summed E-state index contributed by atoms with van der Waals surface area (Å²) in [5.41, 5.74) is 9.54. The third kappa shape index (κ3) is 4.10. The zero-order chi connectivity index (χ0) is 19.6. The summed E-state index contributed by atoms with van der Waals surface area (Å²) in [5, 5.41) is 5.52. The molecule has 3 rings (SSSR count). The molecule has 3 aromatic rings. The molecule has 1 amide bonds. The molecule has 27 heavy (non-hydrogen) atoms. The molecular weight excluding hydrogens is 386 g/mol. The fraction of sp³-hybridized carbons (Fsp3) is 0.105. The smallest absolute Gasteiger partial charge is 0.339 e. The number of carbonyl (C=O) groups excluding carboxylic acids is 2. The highest BCUT2D eigenvalue weighted by Crippen LogP contribution is 2.34. The van der Waals surface area contributed by atoms with Gasteiger partial charge in [0, 0.05) is 29.1 Å². The molecule has 0 bridgehead atoms. The number of nitrogens with one attached hydrogen (secondary N) is 1. The van der Waals surface area contributed by atoms with Crippen molar-refractivity contribution in [1.29, 1.82) is 0 Å². The summed E-state index contributed by atoms with van der Waals surface area (Å²) in [6.07, 6.45) is 0. The van der Waals surface area contributed by atoms with Crippen LogP contribution in [0.1, 0.15) is 17.3 Å². The van der Waals surface area contributed by atoms with Crippen LogP contribution in [0.15, 0.2) is 41.8 Å². The van der Waals surface area contributed by atoms with Gasteiger partial charge in [-0.25, -0.2) is 9.78 Å². The first kappa shape index (κ1) is 18.9. The minimum Gasteiger partial charge on any atom is -0.465 e. The molecule has 2 aromatic carbocycles. The number of ether oxygens (including phenoxy) is 1. The first-order valence-electron chi connectivity index (χ1n) is 7.90. The molecule has 0 fully saturated rings. The molecule has 1 aromatic heterocycles. The van der Waals surface area contributed by atoms with Gasteiger partial charge in [0.25, 0.3) is 0 Å². The number of esters is 1. The Kier molecular flexibility index (Phi) is 5.43. The van der Waals surface area contributed by atoms with E-state index in [-0.39, 0.29) is 17.2 Å². The first-order valence-corrected chi connectivity index (χ1v) is 9.16. The normalized spacial score (nSPS) is 10.5. The topological polar surface area (TPSA) is 94.3 Å². The predicted molar refractivity (Wildman–Crippen MR) is 108 cm³/mol. The molecule has 3 N–H and O–H groups in total. The van der Waals surface area contributed by atoms with Crippen LogP contribution < -0.4 is 11.1 Å². The molecule has 138 valence electrons. The van der Waals surface area contributed by atoms with Crippen LogP contribution >= 0.6 is 22.9 Å². The molecule has 0 radical (unpaired) electrons. The van der Waals surface area contributed by atoms with Gasteiger partial charge in [0.2, 0.25) is 5.91 Å². The van der Waals surface area contributed by atoms with Crippen molar-refractivity contribution in [2.24, 2.45) is 0 Å². The zero-order valence-corrected chi connectivity index (χ0v) is 16.1. The third-order valence-electron chi connectivity index (χ3n) is 3.82. The lowest BCUT2D eigenvalue weighted by Gasteiger charge is -2.10. The van der Waals surface area contributed by atoms with Crippen molar-refractivity contribution < 1.29 is 14.3 Å². The standard InChI is InChI=1S/C19H16ClN3O3S/c1-10(24)22-19-23-17(9-27-19)12-5-3-11(4-6-12)13-7-14(18(25)26-2)16(21)8-15(13)20/h3-9H,21H2,1-2H3,(H,22,23,24). The number of nitrogens with zero attached hydrogens (tertiary/aromatic N) is 1. The van der Waals surface area contributed by atoms with E-state index in [0.29, 0.717) is 15.7 Å². The summed E-state index contributed by atoms with van der Waals surface area (Å²) in [6.45, 7) is 1.44. The summed E-state index contributed by atoms with van der Waals surface area (Å²) in [6, 6.07) is 10.7. The molecule has 1 heterocycles. The molecule has 0 saturated carbocycles. The van der Waals surface area contributed by atoms with Crippen LogP contribution in [0.5, 0.6) is 0 Å². The van der Waals surface area contributed by atoms with Gasteiger partial charge < -0.3 is 15.8 Å². The van der Waals surface area contributed by atoms with Crippen molar-refractivity contribution in [3.8, 4) is 22.4 Å². The van der Waals surface area contributed by atoms with Crippen LogP contribution in [0.25, 0.3) is 22.4 Å². The van der Waals surface area contributed by atoms with Crippen LogP contribution in [-0.4, -0.2) is 24.0 Å². The number of nitrogens with two attached hydrogens (primary N) is 1. The summed E-state index contributed by atoms with van der Waals surface area (Å²) >= 11 is 7.67. The van der Waals surface area contributed by atoms with Gasteiger partial charge in [0.1, 0.15) is 0 Å². The van der Waals surface area contributed by atoms with E-state index in [4.69, 9.17) is 22.1 Å². The maximum Gasteiger partial charge on any atom is 0.339 e.